The number of ether oxygens (including phenoxy) is 1. The number of aromatic hydroxyl groups is 1. The third-order valence-corrected chi connectivity index (χ3v) is 6.11. The first-order valence-electron chi connectivity index (χ1n) is 8.26. The lowest BCUT2D eigenvalue weighted by molar-refractivity contribution is -0.128. The van der Waals surface area contributed by atoms with Gasteiger partial charge in [-0.05, 0) is 48.3 Å². The lowest BCUT2D eigenvalue weighted by Gasteiger charge is -2.32. The van der Waals surface area contributed by atoms with Crippen LogP contribution in [0.5, 0.6) is 11.5 Å². The van der Waals surface area contributed by atoms with Crippen LogP contribution in [0.3, 0.4) is 0 Å². The maximum absolute atomic E-state index is 11.6. The third-order valence-electron chi connectivity index (χ3n) is 6.11. The molecule has 2 saturated carbocycles. The summed E-state index contributed by atoms with van der Waals surface area (Å²) in [5, 5.41) is 9.25. The van der Waals surface area contributed by atoms with Crippen molar-refractivity contribution < 1.29 is 14.6 Å². The predicted molar refractivity (Wildman–Crippen MR) is 92.8 cm³/mol. The average molecular weight is 316 g/mol. The molecule has 3 rings (SSSR count). The number of ketones is 1. The van der Waals surface area contributed by atoms with Crippen LogP contribution < -0.4 is 4.74 Å². The smallest absolute Gasteiger partial charge is 0.160 e. The molecule has 0 aliphatic heterocycles. The minimum atomic E-state index is 0.0255. The van der Waals surface area contributed by atoms with Gasteiger partial charge in [0.25, 0.3) is 0 Å². The Morgan fingerprint density at radius 3 is 2.48 bits per heavy atom. The highest BCUT2D eigenvalue weighted by atomic mass is 16.5. The van der Waals surface area contributed by atoms with E-state index < -0.39 is 0 Å². The molecule has 0 radical (unpaired) electrons. The number of Topliss-reactive ketones (excluding diaryl/α,β-unsaturated/α-hetero) is 1. The molecular formula is C20H28O3. The number of hydrogen-bond donors (Lipinski definition) is 1. The summed E-state index contributed by atoms with van der Waals surface area (Å²) < 4.78 is 4.95. The van der Waals surface area contributed by atoms with E-state index in [1.54, 1.807) is 12.1 Å². The molecule has 0 aromatic heterocycles. The number of phenolic OH excluding ortho intramolecular Hbond substituents is 1. The molecule has 2 bridgehead atoms. The molecule has 0 saturated heterocycles. The van der Waals surface area contributed by atoms with E-state index in [0.717, 1.165) is 24.8 Å². The van der Waals surface area contributed by atoms with Crippen LogP contribution in [0.15, 0.2) is 30.9 Å². The van der Waals surface area contributed by atoms with E-state index in [2.05, 4.69) is 27.4 Å². The van der Waals surface area contributed by atoms with Gasteiger partial charge < -0.3 is 9.84 Å². The van der Waals surface area contributed by atoms with Crippen molar-refractivity contribution in [3.63, 3.8) is 0 Å². The van der Waals surface area contributed by atoms with Crippen molar-refractivity contribution in [1.29, 1.82) is 0 Å². The summed E-state index contributed by atoms with van der Waals surface area (Å²) in [6.45, 7) is 10.3. The fourth-order valence-corrected chi connectivity index (χ4v) is 3.92. The van der Waals surface area contributed by atoms with Gasteiger partial charge in [-0.2, -0.15) is 0 Å². The molecule has 2 aliphatic rings. The largest absolute Gasteiger partial charge is 0.504 e. The van der Waals surface area contributed by atoms with Gasteiger partial charge in [0, 0.05) is 11.8 Å². The van der Waals surface area contributed by atoms with Crippen LogP contribution in [0.1, 0.15) is 45.6 Å². The minimum Gasteiger partial charge on any atom is -0.504 e. The number of carbonyl (C=O) groups is 1. The van der Waals surface area contributed by atoms with Crippen molar-refractivity contribution in [3.05, 3.63) is 36.4 Å². The van der Waals surface area contributed by atoms with E-state index in [1.165, 1.54) is 13.5 Å². The van der Waals surface area contributed by atoms with Gasteiger partial charge in [-0.1, -0.05) is 32.9 Å². The lowest BCUT2D eigenvalue weighted by atomic mass is 9.70. The van der Waals surface area contributed by atoms with Gasteiger partial charge in [-0.15, -0.1) is 6.58 Å². The van der Waals surface area contributed by atoms with Gasteiger partial charge in [0.2, 0.25) is 0 Å². The van der Waals surface area contributed by atoms with E-state index in [-0.39, 0.29) is 16.6 Å². The van der Waals surface area contributed by atoms with E-state index in [1.807, 2.05) is 12.1 Å². The van der Waals surface area contributed by atoms with Crippen molar-refractivity contribution >= 4 is 5.78 Å². The van der Waals surface area contributed by atoms with Gasteiger partial charge in [0.1, 0.15) is 5.78 Å². The first kappa shape index (κ1) is 17.6. The first-order valence-corrected chi connectivity index (χ1v) is 8.26. The summed E-state index contributed by atoms with van der Waals surface area (Å²) in [5.74, 6) is 1.87. The predicted octanol–water partition coefficient (Wildman–Crippen LogP) is 4.53. The number of benzene rings is 1. The summed E-state index contributed by atoms with van der Waals surface area (Å²) in [6.07, 6.45) is 5.85. The number of hydrogen-bond acceptors (Lipinski definition) is 3. The Bertz CT molecular complexity index is 603. The fourth-order valence-electron chi connectivity index (χ4n) is 3.92. The maximum Gasteiger partial charge on any atom is 0.160 e. The molecule has 126 valence electrons. The maximum atomic E-state index is 11.6. The molecule has 3 nitrogen and oxygen atoms in total. The Morgan fingerprint density at radius 1 is 1.39 bits per heavy atom. The fraction of sp³-hybridized carbons (Fsp3) is 0.550. The molecule has 23 heavy (non-hydrogen) atoms. The molecule has 2 atom stereocenters. The molecule has 3 heteroatoms. The monoisotopic (exact) mass is 316 g/mol. The van der Waals surface area contributed by atoms with Crippen molar-refractivity contribution in [2.24, 2.45) is 16.7 Å². The molecule has 2 fully saturated rings. The van der Waals surface area contributed by atoms with E-state index in [0.29, 0.717) is 17.5 Å². The van der Waals surface area contributed by atoms with Gasteiger partial charge in [0.05, 0.1) is 7.11 Å². The first-order chi connectivity index (χ1) is 10.8. The highest BCUT2D eigenvalue weighted by Gasteiger charge is 2.61. The number of phenols is 1. The molecular weight excluding hydrogens is 288 g/mol. The molecule has 1 N–H and O–H groups in total. The van der Waals surface area contributed by atoms with Crippen LogP contribution >= 0.6 is 0 Å². The van der Waals surface area contributed by atoms with Crippen LogP contribution in [0.25, 0.3) is 0 Å². The molecule has 0 heterocycles. The molecule has 2 unspecified atom stereocenters. The topological polar surface area (TPSA) is 46.5 Å². The Balaban J connectivity index is 0.000000167. The summed E-state index contributed by atoms with van der Waals surface area (Å²) >= 11 is 0. The van der Waals surface area contributed by atoms with Gasteiger partial charge in [-0.25, -0.2) is 0 Å². The second kappa shape index (κ2) is 6.38. The zero-order valence-corrected chi connectivity index (χ0v) is 14.7. The minimum absolute atomic E-state index is 0.0255. The number of rotatable bonds is 3. The van der Waals surface area contributed by atoms with Crippen molar-refractivity contribution in [3.8, 4) is 11.5 Å². The molecule has 0 spiro atoms. The third kappa shape index (κ3) is 3.01. The number of allylic oxidation sites excluding steroid dienone is 1. The summed E-state index contributed by atoms with van der Waals surface area (Å²) in [5.41, 5.74) is 1.39. The molecule has 1 aromatic rings. The van der Waals surface area contributed by atoms with Crippen LogP contribution in [0.4, 0.5) is 0 Å². The standard InChI is InChI=1S/C10H12O2.C10H16O/c1-3-4-8-5-6-9(11)10(7-8)12-2;1-9(2)7-4-5-10(9,3)8(11)6-7/h3,5-7,11H,1,4H2,2H3;7H,4-6H2,1-3H3. The second-order valence-corrected chi connectivity index (χ2v) is 7.42. The zero-order chi connectivity index (χ0) is 17.3. The van der Waals surface area contributed by atoms with Crippen LogP contribution in [0, 0.1) is 16.7 Å². The summed E-state index contributed by atoms with van der Waals surface area (Å²) in [7, 11) is 1.53. The van der Waals surface area contributed by atoms with Crippen LogP contribution in [-0.4, -0.2) is 18.0 Å². The zero-order valence-electron chi connectivity index (χ0n) is 14.7. The van der Waals surface area contributed by atoms with Crippen LogP contribution in [-0.2, 0) is 11.2 Å². The highest BCUT2D eigenvalue weighted by molar-refractivity contribution is 5.89. The lowest BCUT2D eigenvalue weighted by Crippen LogP contribution is -2.32. The van der Waals surface area contributed by atoms with Crippen LogP contribution in [0.2, 0.25) is 0 Å². The van der Waals surface area contributed by atoms with E-state index in [9.17, 15) is 9.90 Å². The van der Waals surface area contributed by atoms with Crippen molar-refractivity contribution in [1.82, 2.24) is 0 Å². The second-order valence-electron chi connectivity index (χ2n) is 7.42. The number of methoxy groups -OCH3 is 1. The van der Waals surface area contributed by atoms with Crippen molar-refractivity contribution in [2.45, 2.75) is 46.5 Å². The quantitative estimate of drug-likeness (QED) is 0.833. The number of carbonyl (C=O) groups excluding carboxylic acids is 1. The average Bonchev–Trinajstić information content (AvgIpc) is 2.83. The highest BCUT2D eigenvalue weighted by Crippen LogP contribution is 2.63. The van der Waals surface area contributed by atoms with Gasteiger partial charge >= 0.3 is 0 Å². The van der Waals surface area contributed by atoms with Gasteiger partial charge in [-0.3, -0.25) is 4.79 Å². The molecule has 2 aliphatic carbocycles. The van der Waals surface area contributed by atoms with E-state index >= 15 is 0 Å². The van der Waals surface area contributed by atoms with E-state index in [4.69, 9.17) is 4.74 Å². The molecule has 0 amide bonds. The van der Waals surface area contributed by atoms with Crippen molar-refractivity contribution in [2.75, 3.05) is 7.11 Å². The SMILES string of the molecule is C=CCc1ccc(O)c(OC)c1.CC12CCC(CC1=O)C2(C)C. The Morgan fingerprint density at radius 2 is 2.09 bits per heavy atom. The number of fused-ring (bicyclic) bond motifs is 2. The molecule has 1 aromatic carbocycles. The Hall–Kier alpha value is -1.77. The Labute approximate surface area is 139 Å². The van der Waals surface area contributed by atoms with Gasteiger partial charge in [0.15, 0.2) is 11.5 Å². The Kier molecular flexibility index (Phi) is 4.88. The summed E-state index contributed by atoms with van der Waals surface area (Å²) in [6, 6.07) is 5.27. The summed E-state index contributed by atoms with van der Waals surface area (Å²) in [4.78, 5) is 11.6. The normalized spacial score (nSPS) is 27.3.